The van der Waals surface area contributed by atoms with Crippen molar-refractivity contribution in [3.63, 3.8) is 0 Å². The van der Waals surface area contributed by atoms with Crippen LogP contribution in [-0.2, 0) is 9.59 Å². The van der Waals surface area contributed by atoms with E-state index in [1.807, 2.05) is 17.9 Å². The molecule has 0 aliphatic carbocycles. The molecule has 1 atom stereocenters. The van der Waals surface area contributed by atoms with E-state index in [0.29, 0.717) is 19.3 Å². The molecule has 7 heteroatoms. The van der Waals surface area contributed by atoms with Gasteiger partial charge >= 0.3 is 0 Å². The number of piperazine rings is 1. The second-order valence-electron chi connectivity index (χ2n) is 8.65. The summed E-state index contributed by atoms with van der Waals surface area (Å²) in [5, 5.41) is 3.01. The van der Waals surface area contributed by atoms with Crippen molar-refractivity contribution in [2.45, 2.75) is 65.8 Å². The molecule has 0 bridgehead atoms. The Morgan fingerprint density at radius 1 is 1.06 bits per heavy atom. The Hall–Kier alpha value is -2.15. The Bertz CT molecular complexity index is 729. The van der Waals surface area contributed by atoms with Crippen molar-refractivity contribution in [3.8, 4) is 0 Å². The van der Waals surface area contributed by atoms with Crippen LogP contribution in [-0.4, -0.2) is 67.4 Å². The fourth-order valence-electron chi connectivity index (χ4n) is 4.32. The first-order valence-corrected chi connectivity index (χ1v) is 12.2. The minimum Gasteiger partial charge on any atom is -0.369 e. The lowest BCUT2D eigenvalue weighted by Gasteiger charge is -2.37. The van der Waals surface area contributed by atoms with Crippen LogP contribution in [0.3, 0.4) is 0 Å². The summed E-state index contributed by atoms with van der Waals surface area (Å²) in [6, 6.07) is 4.54. The maximum atomic E-state index is 14.0. The largest absolute Gasteiger partial charge is 0.369 e. The summed E-state index contributed by atoms with van der Waals surface area (Å²) in [4.78, 5) is 31.5. The molecule has 0 saturated carbocycles. The number of nitrogens with zero attached hydrogens (tertiary/aromatic N) is 3. The number of benzene rings is 1. The maximum absolute atomic E-state index is 14.0. The first kappa shape index (κ1) is 26.1. The SMILES string of the molecule is CCCN(CCC)C(=O)CCCC(=O)NC(C)c1cc(F)ccc1N1CCN(CC)CC1. The third-order valence-electron chi connectivity index (χ3n) is 6.13. The molecule has 2 amide bonds. The zero-order chi connectivity index (χ0) is 23.5. The number of hydrogen-bond donors (Lipinski definition) is 1. The highest BCUT2D eigenvalue weighted by Gasteiger charge is 2.22. The lowest BCUT2D eigenvalue weighted by Crippen LogP contribution is -2.46. The predicted octanol–water partition coefficient (Wildman–Crippen LogP) is 3.96. The first-order chi connectivity index (χ1) is 15.4. The minimum atomic E-state index is -0.301. The number of likely N-dealkylation sites (N-methyl/N-ethyl adjacent to an activating group) is 1. The van der Waals surface area contributed by atoms with Crippen molar-refractivity contribution in [2.24, 2.45) is 0 Å². The maximum Gasteiger partial charge on any atom is 0.222 e. The third kappa shape index (κ3) is 7.76. The lowest BCUT2D eigenvalue weighted by molar-refractivity contribution is -0.131. The molecule has 1 heterocycles. The summed E-state index contributed by atoms with van der Waals surface area (Å²) in [5.74, 6) is -0.281. The first-order valence-electron chi connectivity index (χ1n) is 12.2. The monoisotopic (exact) mass is 448 g/mol. The van der Waals surface area contributed by atoms with Crippen molar-refractivity contribution in [1.29, 1.82) is 0 Å². The second-order valence-corrected chi connectivity index (χ2v) is 8.65. The number of nitrogens with one attached hydrogen (secondary N) is 1. The van der Waals surface area contributed by atoms with Crippen LogP contribution in [0, 0.1) is 5.82 Å². The molecule has 0 aromatic heterocycles. The average molecular weight is 449 g/mol. The van der Waals surface area contributed by atoms with E-state index in [2.05, 4.69) is 35.9 Å². The molecule has 180 valence electrons. The Kier molecular flexibility index (Phi) is 10.9. The topological polar surface area (TPSA) is 55.9 Å². The van der Waals surface area contributed by atoms with E-state index in [0.717, 1.165) is 69.9 Å². The molecule has 1 fully saturated rings. The summed E-state index contributed by atoms with van der Waals surface area (Å²) in [6.45, 7) is 14.5. The standard InChI is InChI=1S/C25H41FN4O2/c1-5-13-30(14-6-2)25(32)10-8-9-24(31)27-20(4)22-19-21(26)11-12-23(22)29-17-15-28(7-3)16-18-29/h11-12,19-20H,5-10,13-18H2,1-4H3,(H,27,31). The summed E-state index contributed by atoms with van der Waals surface area (Å²) in [7, 11) is 0. The number of rotatable bonds is 12. The second kappa shape index (κ2) is 13.4. The zero-order valence-electron chi connectivity index (χ0n) is 20.3. The number of carbonyl (C=O) groups is 2. The number of hydrogen-bond acceptors (Lipinski definition) is 4. The van der Waals surface area contributed by atoms with E-state index in [1.165, 1.54) is 12.1 Å². The van der Waals surface area contributed by atoms with Crippen molar-refractivity contribution in [3.05, 3.63) is 29.6 Å². The fraction of sp³-hybridized carbons (Fsp3) is 0.680. The highest BCUT2D eigenvalue weighted by molar-refractivity contribution is 5.79. The molecule has 1 aromatic rings. The van der Waals surface area contributed by atoms with Gasteiger partial charge in [0.2, 0.25) is 11.8 Å². The highest BCUT2D eigenvalue weighted by Crippen LogP contribution is 2.28. The van der Waals surface area contributed by atoms with Crippen molar-refractivity contribution in [1.82, 2.24) is 15.1 Å². The number of anilines is 1. The molecule has 1 aliphatic heterocycles. The smallest absolute Gasteiger partial charge is 0.222 e. The normalized spacial score (nSPS) is 15.5. The summed E-state index contributed by atoms with van der Waals surface area (Å²) >= 11 is 0. The van der Waals surface area contributed by atoms with Crippen LogP contribution >= 0.6 is 0 Å². The summed E-state index contributed by atoms with van der Waals surface area (Å²) in [5.41, 5.74) is 1.79. The van der Waals surface area contributed by atoms with Gasteiger partial charge in [0, 0.05) is 63.4 Å². The molecule has 1 aliphatic rings. The van der Waals surface area contributed by atoms with Crippen LogP contribution in [0.15, 0.2) is 18.2 Å². The van der Waals surface area contributed by atoms with Gasteiger partial charge in [-0.25, -0.2) is 4.39 Å². The lowest BCUT2D eigenvalue weighted by atomic mass is 10.0. The van der Waals surface area contributed by atoms with Gasteiger partial charge in [-0.15, -0.1) is 0 Å². The molecule has 2 rings (SSSR count). The molecule has 6 nitrogen and oxygen atoms in total. The number of halogens is 1. The van der Waals surface area contributed by atoms with E-state index >= 15 is 0 Å². The van der Waals surface area contributed by atoms with Gasteiger partial charge in [0.25, 0.3) is 0 Å². The molecule has 1 N–H and O–H groups in total. The molecular weight excluding hydrogens is 407 g/mol. The third-order valence-corrected chi connectivity index (χ3v) is 6.13. The van der Waals surface area contributed by atoms with Crippen LogP contribution in [0.2, 0.25) is 0 Å². The van der Waals surface area contributed by atoms with Crippen LogP contribution in [0.5, 0.6) is 0 Å². The zero-order valence-corrected chi connectivity index (χ0v) is 20.3. The van der Waals surface area contributed by atoms with Gasteiger partial charge in [0.15, 0.2) is 0 Å². The molecule has 1 unspecified atom stereocenters. The molecule has 0 radical (unpaired) electrons. The molecule has 1 saturated heterocycles. The van der Waals surface area contributed by atoms with Crippen LogP contribution in [0.25, 0.3) is 0 Å². The van der Waals surface area contributed by atoms with Gasteiger partial charge in [-0.05, 0) is 50.9 Å². The van der Waals surface area contributed by atoms with E-state index in [1.54, 1.807) is 0 Å². The van der Waals surface area contributed by atoms with E-state index < -0.39 is 0 Å². The minimum absolute atomic E-state index is 0.103. The number of carbonyl (C=O) groups excluding carboxylic acids is 2. The average Bonchev–Trinajstić information content (AvgIpc) is 2.78. The van der Waals surface area contributed by atoms with E-state index in [-0.39, 0.29) is 23.7 Å². The Balaban J connectivity index is 1.91. The highest BCUT2D eigenvalue weighted by atomic mass is 19.1. The van der Waals surface area contributed by atoms with Crippen LogP contribution in [0.4, 0.5) is 10.1 Å². The van der Waals surface area contributed by atoms with Gasteiger partial charge in [-0.2, -0.15) is 0 Å². The van der Waals surface area contributed by atoms with E-state index in [9.17, 15) is 14.0 Å². The predicted molar refractivity (Wildman–Crippen MR) is 128 cm³/mol. The number of amides is 2. The van der Waals surface area contributed by atoms with Crippen LogP contribution in [0.1, 0.15) is 71.4 Å². The van der Waals surface area contributed by atoms with Crippen molar-refractivity contribution < 1.29 is 14.0 Å². The van der Waals surface area contributed by atoms with Gasteiger partial charge in [0.1, 0.15) is 5.82 Å². The quantitative estimate of drug-likeness (QED) is 0.526. The van der Waals surface area contributed by atoms with Gasteiger partial charge < -0.3 is 20.0 Å². The van der Waals surface area contributed by atoms with Crippen molar-refractivity contribution in [2.75, 3.05) is 50.7 Å². The fourth-order valence-corrected chi connectivity index (χ4v) is 4.32. The van der Waals surface area contributed by atoms with Crippen LogP contribution < -0.4 is 10.2 Å². The summed E-state index contributed by atoms with van der Waals surface area (Å²) in [6.07, 6.45) is 3.08. The molecule has 0 spiro atoms. The van der Waals surface area contributed by atoms with Gasteiger partial charge in [-0.1, -0.05) is 20.8 Å². The molecule has 1 aromatic carbocycles. The van der Waals surface area contributed by atoms with E-state index in [4.69, 9.17) is 0 Å². The van der Waals surface area contributed by atoms with Crippen molar-refractivity contribution >= 4 is 17.5 Å². The Morgan fingerprint density at radius 3 is 2.31 bits per heavy atom. The molecule has 32 heavy (non-hydrogen) atoms. The Labute approximate surface area is 193 Å². The summed E-state index contributed by atoms with van der Waals surface area (Å²) < 4.78 is 14.0. The van der Waals surface area contributed by atoms with Gasteiger partial charge in [0.05, 0.1) is 6.04 Å². The Morgan fingerprint density at radius 2 is 1.72 bits per heavy atom. The van der Waals surface area contributed by atoms with Gasteiger partial charge in [-0.3, -0.25) is 9.59 Å². The molecular formula is C25H41FN4O2.